The Morgan fingerprint density at radius 1 is 0.795 bits per heavy atom. The molecular weight excluding hydrogens is 1030 g/mol. The molecule has 3 unspecified atom stereocenters. The molecule has 440 valence electrons. The highest BCUT2D eigenvalue weighted by Crippen LogP contribution is 2.48. The van der Waals surface area contributed by atoms with Crippen LogP contribution in [0.15, 0.2) is 47.6 Å². The van der Waals surface area contributed by atoms with Crippen LogP contribution in [0.5, 0.6) is 0 Å². The van der Waals surface area contributed by atoms with Gasteiger partial charge in [-0.1, -0.05) is 64.2 Å². The molecule has 4 saturated heterocycles. The largest absolute Gasteiger partial charge is 0.460 e. The lowest BCUT2D eigenvalue weighted by molar-refractivity contribution is -0.266. The second-order valence-electron chi connectivity index (χ2n) is 23.3. The number of carbonyl (C=O) groups excluding carboxylic acids is 5. The van der Waals surface area contributed by atoms with Gasteiger partial charge in [0.1, 0.15) is 36.2 Å². The first-order valence-electron chi connectivity index (χ1n) is 28.5. The molecule has 1 aliphatic carbocycles. The summed E-state index contributed by atoms with van der Waals surface area (Å²) in [7, 11) is 1.76. The van der Waals surface area contributed by atoms with E-state index in [2.05, 4.69) is 0 Å². The van der Waals surface area contributed by atoms with Crippen molar-refractivity contribution in [1.82, 2.24) is 4.90 Å². The van der Waals surface area contributed by atoms with Crippen LogP contribution in [0.4, 0.5) is 0 Å². The number of nitrogens with zero attached hydrogens (tertiary/aromatic N) is 1. The average Bonchev–Trinajstić information content (AvgIpc) is 3.48. The van der Waals surface area contributed by atoms with Gasteiger partial charge in [-0.15, -0.1) is 0 Å². The number of ketones is 3. The summed E-state index contributed by atoms with van der Waals surface area (Å²) >= 11 is 0. The summed E-state index contributed by atoms with van der Waals surface area (Å²) in [4.78, 5) is 73.9. The van der Waals surface area contributed by atoms with Gasteiger partial charge in [0.2, 0.25) is 5.79 Å². The number of hydrogen-bond donors (Lipinski definition) is 1. The molecule has 1 saturated carbocycles. The van der Waals surface area contributed by atoms with Gasteiger partial charge in [0, 0.05) is 77.7 Å². The second-order valence-corrected chi connectivity index (χ2v) is 26.0. The Hall–Kier alpha value is -3.26. The van der Waals surface area contributed by atoms with Crippen LogP contribution in [0.25, 0.3) is 0 Å². The summed E-state index contributed by atoms with van der Waals surface area (Å²) in [5, 5.41) is 12.3. The van der Waals surface area contributed by atoms with Crippen molar-refractivity contribution in [1.29, 1.82) is 0 Å². The molecule has 0 aromatic carbocycles. The molecule has 0 aromatic heterocycles. The zero-order valence-electron chi connectivity index (χ0n) is 48.3. The molecule has 5 fully saturated rings. The molecule has 78 heavy (non-hydrogen) atoms. The number of carbonyl (C=O) groups is 5. The van der Waals surface area contributed by atoms with E-state index in [0.717, 1.165) is 5.57 Å². The molecule has 19 heteroatoms. The monoisotopic (exact) mass is 1120 g/mol. The number of esters is 1. The highest BCUT2D eigenvalue weighted by atomic mass is 31.2. The topological polar surface area (TPSA) is 218 Å². The van der Waals surface area contributed by atoms with Crippen LogP contribution in [0.1, 0.15) is 112 Å². The third-order valence-electron chi connectivity index (χ3n) is 17.0. The highest BCUT2D eigenvalue weighted by molar-refractivity contribution is 7.57. The molecule has 0 radical (unpaired) electrons. The maximum absolute atomic E-state index is 14.8. The van der Waals surface area contributed by atoms with Crippen molar-refractivity contribution in [3.05, 3.63) is 47.6 Å². The Labute approximate surface area is 463 Å². The van der Waals surface area contributed by atoms with Crippen molar-refractivity contribution in [3.8, 4) is 0 Å². The molecule has 16 atom stereocenters. The minimum Gasteiger partial charge on any atom is -0.460 e. The van der Waals surface area contributed by atoms with Gasteiger partial charge in [0.25, 0.3) is 11.7 Å². The zero-order valence-corrected chi connectivity index (χ0v) is 49.2. The molecule has 5 heterocycles. The Kier molecular flexibility index (Phi) is 24.3. The molecular formula is C59H92NO17P. The smallest absolute Gasteiger partial charge is 0.329 e. The van der Waals surface area contributed by atoms with E-state index in [9.17, 15) is 33.6 Å². The molecule has 1 N–H and O–H groups in total. The second kappa shape index (κ2) is 29.6. The summed E-state index contributed by atoms with van der Waals surface area (Å²) in [6.07, 6.45) is 11.9. The van der Waals surface area contributed by atoms with E-state index in [1.54, 1.807) is 40.4 Å². The molecule has 6 aliphatic rings. The van der Waals surface area contributed by atoms with Crippen molar-refractivity contribution in [2.24, 2.45) is 41.4 Å². The van der Waals surface area contributed by atoms with E-state index in [-0.39, 0.29) is 73.6 Å². The van der Waals surface area contributed by atoms with Crippen LogP contribution in [-0.4, -0.2) is 181 Å². The number of aliphatic hydroxyl groups is 1. The summed E-state index contributed by atoms with van der Waals surface area (Å²) in [5.74, 6) is -8.38. The summed E-state index contributed by atoms with van der Waals surface area (Å²) in [5.41, 5.74) is 1.49. The molecule has 18 nitrogen and oxygen atoms in total. The van der Waals surface area contributed by atoms with Gasteiger partial charge in [-0.05, 0) is 101 Å². The Morgan fingerprint density at radius 2 is 1.51 bits per heavy atom. The predicted octanol–water partition coefficient (Wildman–Crippen LogP) is 7.42. The fourth-order valence-electron chi connectivity index (χ4n) is 12.5. The number of amides is 1. The number of piperidine rings is 1. The fourth-order valence-corrected chi connectivity index (χ4v) is 13.4. The van der Waals surface area contributed by atoms with Gasteiger partial charge >= 0.3 is 5.97 Å². The van der Waals surface area contributed by atoms with E-state index < -0.39 is 91.0 Å². The minimum atomic E-state index is -2.84. The summed E-state index contributed by atoms with van der Waals surface area (Å²) < 4.78 is 72.3. The van der Waals surface area contributed by atoms with Crippen molar-refractivity contribution < 1.29 is 80.8 Å². The van der Waals surface area contributed by atoms with Gasteiger partial charge < -0.3 is 57.2 Å². The van der Waals surface area contributed by atoms with Gasteiger partial charge in [-0.2, -0.15) is 0 Å². The maximum Gasteiger partial charge on any atom is 0.329 e. The quantitative estimate of drug-likeness (QED) is 0.0555. The fraction of sp³-hybridized carbons (Fsp3) is 0.780. The lowest BCUT2D eigenvalue weighted by atomic mass is 9.68. The Morgan fingerprint density at radius 3 is 2.18 bits per heavy atom. The van der Waals surface area contributed by atoms with Gasteiger partial charge in [-0.25, -0.2) is 4.79 Å². The van der Waals surface area contributed by atoms with Crippen LogP contribution in [0.3, 0.4) is 0 Å². The lowest BCUT2D eigenvalue weighted by Gasteiger charge is -2.50. The average molecular weight is 1120 g/mol. The van der Waals surface area contributed by atoms with Crippen molar-refractivity contribution in [3.63, 3.8) is 0 Å². The predicted molar refractivity (Wildman–Crippen MR) is 292 cm³/mol. The number of rotatable bonds is 15. The number of fused-ring (bicyclic) bond motifs is 4. The number of methoxy groups -OCH3 is 3. The first-order chi connectivity index (χ1) is 37.1. The van der Waals surface area contributed by atoms with E-state index in [4.69, 9.17) is 47.2 Å². The number of allylic oxidation sites excluding steroid dienone is 6. The molecule has 0 spiro atoms. The number of ether oxygens (including phenoxy) is 9. The molecule has 0 aromatic rings. The van der Waals surface area contributed by atoms with Gasteiger partial charge in [0.05, 0.1) is 64.1 Å². The first kappa shape index (κ1) is 63.9. The van der Waals surface area contributed by atoms with Crippen LogP contribution in [-0.2, 0) is 75.7 Å². The summed E-state index contributed by atoms with van der Waals surface area (Å²) in [6.45, 7) is 16.9. The molecule has 4 bridgehead atoms. The van der Waals surface area contributed by atoms with Crippen LogP contribution >= 0.6 is 7.37 Å². The number of Topliss-reactive ketones (excluding diaryl/α,β-unsaturated/α-hetero) is 3. The van der Waals surface area contributed by atoms with Crippen LogP contribution in [0.2, 0.25) is 0 Å². The Balaban J connectivity index is 1.32. The SMILES string of the molecule is CO[C@@H]1/C(C)=C/[C@@H](C)C(=O)C[C@@H]2OC(=O)C3[C@H](CCCN3C(=O)C(=O)[C@]3(O)O[C@@H](CC[C@H]3C)CC(OCCOCCOC3COC3)/C(C)=C/C=C/C=C/[C@@H](C)C[C@@H](C)C(=O)[C@@H]1OC)C2C[C@@H]1CC[C@@H](OP(C)(C)=O)[C@H](OC)C1. The van der Waals surface area contributed by atoms with E-state index in [1.807, 2.05) is 58.1 Å². The van der Waals surface area contributed by atoms with E-state index in [0.29, 0.717) is 96.4 Å². The lowest BCUT2D eigenvalue weighted by Crippen LogP contribution is -2.65. The summed E-state index contributed by atoms with van der Waals surface area (Å²) in [6, 6.07) is -1.16. The normalized spacial score (nSPS) is 38.9. The van der Waals surface area contributed by atoms with Crippen LogP contribution in [0, 0.1) is 41.4 Å². The Bertz CT molecular complexity index is 2200. The maximum atomic E-state index is 14.8. The zero-order chi connectivity index (χ0) is 56.9. The first-order valence-corrected chi connectivity index (χ1v) is 31.0. The van der Waals surface area contributed by atoms with E-state index >= 15 is 0 Å². The van der Waals surface area contributed by atoms with Crippen molar-refractivity contribution in [2.75, 3.05) is 80.8 Å². The third kappa shape index (κ3) is 16.9. The van der Waals surface area contributed by atoms with Gasteiger partial charge in [0.15, 0.2) is 13.2 Å². The van der Waals surface area contributed by atoms with Gasteiger partial charge in [-0.3, -0.25) is 23.7 Å². The molecule has 5 aliphatic heterocycles. The van der Waals surface area contributed by atoms with E-state index in [1.165, 1.54) is 19.1 Å². The molecule has 6 rings (SSSR count). The highest BCUT2D eigenvalue weighted by Gasteiger charge is 2.57. The van der Waals surface area contributed by atoms with Crippen molar-refractivity contribution >= 4 is 36.6 Å². The minimum absolute atomic E-state index is 0.0251. The van der Waals surface area contributed by atoms with Crippen LogP contribution < -0.4 is 0 Å². The number of hydrogen-bond acceptors (Lipinski definition) is 17. The molecule has 1 amide bonds. The third-order valence-corrected chi connectivity index (χ3v) is 17.7. The standard InChI is InChI=1S/C59H92NO17P/c1-36-16-13-12-14-17-37(2)49(74-27-25-71-24-26-73-44-34-72-35-44)32-43-21-19-41(6)59(66,76-43)56(63)57(64)60-23-15-18-45-46(30-42-20-22-48(51(31-42)68-7)77-78(10,11)67)50(75-58(65)52(45)60)33-47(61)38(3)29-40(5)54(69-8)55(70-9)53(62)39(4)28-36/h12-14,16-17,29,36,38-39,41-46,48-52,54-55,66H,15,18-28,30-35H2,1-11H3/b14-12+,16-13+,37-17+,40-29+/t36-,38-,39-,41-,42+,43+,45-,46?,48-,49?,50+,51-,52?,54-,55+,59-/m1/s1. The van der Waals surface area contributed by atoms with Crippen molar-refractivity contribution in [2.45, 2.75) is 173 Å².